The maximum Gasteiger partial charge on any atom is 1.00 e. The molecule has 0 aliphatic rings. The first-order valence-corrected chi connectivity index (χ1v) is 1.95. The smallest absolute Gasteiger partial charge is 1.00 e. The molecular weight excluding hydrogens is 204 g/mol. The van der Waals surface area contributed by atoms with Gasteiger partial charge in [-0.1, -0.05) is 0 Å². The van der Waals surface area contributed by atoms with Crippen molar-refractivity contribution in [1.82, 2.24) is 0 Å². The summed E-state index contributed by atoms with van der Waals surface area (Å²) in [4.78, 5) is 14.3. The monoisotopic (exact) mass is 214 g/mol. The summed E-state index contributed by atoms with van der Waals surface area (Å²) in [5.74, 6) is 0. The molecule has 0 rings (SSSR count). The van der Waals surface area contributed by atoms with E-state index in [-0.39, 0.29) is 68.8 Å². The SMILES string of the molecule is F.F.F.F.F.F.O=[Si](O)O.[H-].[H-].[Li+].[Li+]. The van der Waals surface area contributed by atoms with E-state index in [4.69, 9.17) is 14.1 Å². The molecule has 12 heavy (non-hydrogen) atoms. The molecule has 3 nitrogen and oxygen atoms in total. The molecule has 12 heteroatoms. The quantitative estimate of drug-likeness (QED) is 0.311. The van der Waals surface area contributed by atoms with Crippen molar-refractivity contribution in [3.63, 3.8) is 0 Å². The van der Waals surface area contributed by atoms with Gasteiger partial charge in [0.15, 0.2) is 0 Å². The van der Waals surface area contributed by atoms with E-state index < -0.39 is 9.17 Å². The van der Waals surface area contributed by atoms with Gasteiger partial charge in [-0.2, -0.15) is 0 Å². The first-order chi connectivity index (χ1) is 1.73. The summed E-state index contributed by atoms with van der Waals surface area (Å²) in [6, 6.07) is 0. The maximum absolute atomic E-state index is 8.74. The Bertz CT molecular complexity index is 52.1. The molecule has 2 N–H and O–H groups in total. The minimum Gasteiger partial charge on any atom is -1.00 e. The van der Waals surface area contributed by atoms with Crippen molar-refractivity contribution >= 4 is 9.17 Å². The van der Waals surface area contributed by atoms with E-state index >= 15 is 0 Å². The standard InChI is InChI=1S/6FH.2Li.H2O3Si.2H/c;;;;;;;;1-4(2)3;;/h6*1H;;;1-2H;;/q;;;;;;2*+1;;2*-1. The molecule has 0 heterocycles. The van der Waals surface area contributed by atoms with Crippen LogP contribution in [0.15, 0.2) is 0 Å². The van der Waals surface area contributed by atoms with Crippen molar-refractivity contribution < 1.29 is 82.9 Å². The van der Waals surface area contributed by atoms with E-state index in [0.717, 1.165) is 0 Å². The fraction of sp³-hybridized carbons (Fsp3) is 0. The molecule has 0 saturated heterocycles. The number of rotatable bonds is 0. The van der Waals surface area contributed by atoms with Crippen LogP contribution in [0.4, 0.5) is 28.2 Å². The van der Waals surface area contributed by atoms with E-state index in [1.807, 2.05) is 0 Å². The second-order valence-electron chi connectivity index (χ2n) is 0.283. The third kappa shape index (κ3) is 5970. The zero-order valence-electron chi connectivity index (χ0n) is 8.25. The van der Waals surface area contributed by atoms with Crippen LogP contribution in [0.2, 0.25) is 0 Å². The molecule has 76 valence electrons. The summed E-state index contributed by atoms with van der Waals surface area (Å²) < 4.78 is 8.74. The Balaban J connectivity index is -0.000000001000. The van der Waals surface area contributed by atoms with Crippen molar-refractivity contribution in [2.24, 2.45) is 0 Å². The molecule has 0 saturated carbocycles. The molecule has 0 aromatic rings. The van der Waals surface area contributed by atoms with E-state index in [1.54, 1.807) is 0 Å². The summed E-state index contributed by atoms with van der Waals surface area (Å²) in [6.45, 7) is 0. The Hall–Kier alpha value is 0.392. The van der Waals surface area contributed by atoms with Gasteiger partial charge in [0.25, 0.3) is 0 Å². The molecule has 0 aromatic heterocycles. The van der Waals surface area contributed by atoms with Gasteiger partial charge in [0.05, 0.1) is 0 Å². The van der Waals surface area contributed by atoms with Gasteiger partial charge in [-0.15, -0.1) is 0 Å². The van der Waals surface area contributed by atoms with Crippen LogP contribution in [0.5, 0.6) is 0 Å². The predicted octanol–water partition coefficient (Wildman–Crippen LogP) is -6.47. The Kier molecular flexibility index (Phi) is 1250. The normalized spacial score (nSPS) is 2.00. The molecule has 0 amide bonds. The number of hydrogen-bond acceptors (Lipinski definition) is 1. The van der Waals surface area contributed by atoms with Gasteiger partial charge in [-0.25, -0.2) is 0 Å². The topological polar surface area (TPSA) is 57.5 Å². The third-order valence-electron chi connectivity index (χ3n) is 0. The molecule has 0 unspecified atom stereocenters. The van der Waals surface area contributed by atoms with Crippen molar-refractivity contribution in [1.29, 1.82) is 0 Å². The van der Waals surface area contributed by atoms with Crippen LogP contribution in [0.3, 0.4) is 0 Å². The van der Waals surface area contributed by atoms with E-state index in [2.05, 4.69) is 0 Å². The molecule has 0 spiro atoms. The Labute approximate surface area is 92.4 Å². The zero-order chi connectivity index (χ0) is 3.58. The maximum atomic E-state index is 8.74. The Morgan fingerprint density at radius 1 is 0.750 bits per heavy atom. The fourth-order valence-electron chi connectivity index (χ4n) is 0. The van der Waals surface area contributed by atoms with E-state index in [0.29, 0.717) is 0 Å². The third-order valence-corrected chi connectivity index (χ3v) is 0. The van der Waals surface area contributed by atoms with Crippen LogP contribution in [0.25, 0.3) is 0 Å². The van der Waals surface area contributed by atoms with E-state index in [1.165, 1.54) is 0 Å². The predicted molar refractivity (Wildman–Crippen MR) is 28.1 cm³/mol. The minimum absolute atomic E-state index is 0. The number of halogens is 6. The van der Waals surface area contributed by atoms with Gasteiger partial charge in [0.2, 0.25) is 0 Å². The van der Waals surface area contributed by atoms with Crippen LogP contribution in [0.1, 0.15) is 2.85 Å². The van der Waals surface area contributed by atoms with Gasteiger partial charge in [-0.05, 0) is 0 Å². The van der Waals surface area contributed by atoms with Crippen molar-refractivity contribution in [3.8, 4) is 0 Å². The van der Waals surface area contributed by atoms with Gasteiger partial charge >= 0.3 is 46.9 Å². The average molecular weight is 214 g/mol. The number of hydrogen-bond donors (Lipinski definition) is 2. The molecule has 0 radical (unpaired) electrons. The molecule has 0 aromatic carbocycles. The van der Waals surface area contributed by atoms with Crippen LogP contribution in [-0.2, 0) is 4.46 Å². The average Bonchev–Trinajstić information content (AvgIpc) is 0.811. The summed E-state index contributed by atoms with van der Waals surface area (Å²) in [6.07, 6.45) is 0. The van der Waals surface area contributed by atoms with Gasteiger partial charge in [0, 0.05) is 0 Å². The van der Waals surface area contributed by atoms with Gasteiger partial charge in [0.1, 0.15) is 0 Å². The summed E-state index contributed by atoms with van der Waals surface area (Å²) in [5.41, 5.74) is 0. The summed E-state index contributed by atoms with van der Waals surface area (Å²) >= 11 is 0. The van der Waals surface area contributed by atoms with Crippen LogP contribution < -0.4 is 37.7 Å². The molecule has 0 aliphatic carbocycles. The first kappa shape index (κ1) is 140. The summed E-state index contributed by atoms with van der Waals surface area (Å²) in [5, 5.41) is 0. The first-order valence-electron chi connectivity index (χ1n) is 0.651. The summed E-state index contributed by atoms with van der Waals surface area (Å²) in [7, 11) is -3.13. The second kappa shape index (κ2) is 107. The van der Waals surface area contributed by atoms with Crippen LogP contribution >= 0.6 is 0 Å². The van der Waals surface area contributed by atoms with Gasteiger partial charge in [-0.3, -0.25) is 32.7 Å². The second-order valence-corrected chi connectivity index (χ2v) is 0.848. The molecule has 0 fully saturated rings. The molecule has 0 bridgehead atoms. The largest absolute Gasteiger partial charge is 1.00 e. The van der Waals surface area contributed by atoms with Crippen molar-refractivity contribution in [3.05, 3.63) is 0 Å². The molecule has 0 aliphatic heterocycles. The minimum atomic E-state index is -3.13. The van der Waals surface area contributed by atoms with Gasteiger partial charge < -0.3 is 12.4 Å². The molecule has 0 atom stereocenters. The fourth-order valence-corrected chi connectivity index (χ4v) is 0. The zero-order valence-corrected chi connectivity index (χ0v) is 7.25. The van der Waals surface area contributed by atoms with E-state index in [9.17, 15) is 0 Å². The Morgan fingerprint density at radius 3 is 0.750 bits per heavy atom. The molecular formula is H10F6Li2O3Si. The van der Waals surface area contributed by atoms with Crippen LogP contribution in [-0.4, -0.2) is 18.8 Å². The van der Waals surface area contributed by atoms with Crippen molar-refractivity contribution in [2.45, 2.75) is 0 Å². The van der Waals surface area contributed by atoms with Crippen LogP contribution in [0, 0.1) is 0 Å². The Morgan fingerprint density at radius 2 is 0.750 bits per heavy atom. The van der Waals surface area contributed by atoms with Crippen molar-refractivity contribution in [2.75, 3.05) is 0 Å².